The predicted molar refractivity (Wildman–Crippen MR) is 76.4 cm³/mol. The molecule has 2 aliphatic rings. The minimum absolute atomic E-state index is 0.0623. The molecular formula is C15H26N2O3. The number of hydrogen-bond acceptors (Lipinski definition) is 3. The van der Waals surface area contributed by atoms with Crippen molar-refractivity contribution in [1.82, 2.24) is 9.80 Å². The van der Waals surface area contributed by atoms with Crippen LogP contribution in [0.25, 0.3) is 0 Å². The molecule has 0 aromatic heterocycles. The highest BCUT2D eigenvalue weighted by Gasteiger charge is 2.41. The fourth-order valence-corrected chi connectivity index (χ4v) is 2.77. The molecule has 5 nitrogen and oxygen atoms in total. The second-order valence-corrected chi connectivity index (χ2v) is 6.50. The molecule has 20 heavy (non-hydrogen) atoms. The van der Waals surface area contributed by atoms with Gasteiger partial charge in [-0.3, -0.25) is 14.5 Å². The van der Waals surface area contributed by atoms with Crippen molar-refractivity contribution in [2.45, 2.75) is 64.6 Å². The smallest absolute Gasteiger partial charge is 0.317 e. The first kappa shape index (κ1) is 15.3. The molecule has 0 radical (unpaired) electrons. The average Bonchev–Trinajstić information content (AvgIpc) is 3.20. The highest BCUT2D eigenvalue weighted by molar-refractivity contribution is 5.80. The van der Waals surface area contributed by atoms with Gasteiger partial charge in [0, 0.05) is 18.1 Å². The summed E-state index contributed by atoms with van der Waals surface area (Å²) in [5.74, 6) is -0.118. The zero-order chi connectivity index (χ0) is 14.9. The third kappa shape index (κ3) is 3.95. The third-order valence-electron chi connectivity index (χ3n) is 4.38. The molecule has 2 aliphatic carbocycles. The molecule has 0 bridgehead atoms. The second-order valence-electron chi connectivity index (χ2n) is 6.50. The van der Waals surface area contributed by atoms with Crippen molar-refractivity contribution >= 4 is 11.9 Å². The Labute approximate surface area is 120 Å². The van der Waals surface area contributed by atoms with E-state index in [9.17, 15) is 9.59 Å². The van der Waals surface area contributed by atoms with E-state index in [4.69, 9.17) is 5.11 Å². The van der Waals surface area contributed by atoms with Gasteiger partial charge in [-0.15, -0.1) is 0 Å². The summed E-state index contributed by atoms with van der Waals surface area (Å²) in [5, 5.41) is 8.95. The molecule has 1 unspecified atom stereocenters. The number of carbonyl (C=O) groups excluding carboxylic acids is 1. The molecule has 0 heterocycles. The van der Waals surface area contributed by atoms with Crippen molar-refractivity contribution < 1.29 is 14.7 Å². The summed E-state index contributed by atoms with van der Waals surface area (Å²) < 4.78 is 0. The standard InChI is InChI=1S/C15H26N2O3/c1-10(2)16(9-15(19)20)8-14(18)17(13-6-7-13)11(3)12-4-5-12/h10-13H,4-9H2,1-3H3,(H,19,20). The Hall–Kier alpha value is -1.10. The average molecular weight is 282 g/mol. The Morgan fingerprint density at radius 2 is 1.70 bits per heavy atom. The topological polar surface area (TPSA) is 60.9 Å². The molecule has 2 saturated carbocycles. The second kappa shape index (κ2) is 6.12. The number of carbonyl (C=O) groups is 2. The fraction of sp³-hybridized carbons (Fsp3) is 0.867. The summed E-state index contributed by atoms with van der Waals surface area (Å²) in [6, 6.07) is 0.776. The lowest BCUT2D eigenvalue weighted by Crippen LogP contribution is -2.49. The highest BCUT2D eigenvalue weighted by atomic mass is 16.4. The molecule has 1 atom stereocenters. The van der Waals surface area contributed by atoms with E-state index in [1.54, 1.807) is 4.90 Å². The van der Waals surface area contributed by atoms with E-state index in [0.717, 1.165) is 12.8 Å². The lowest BCUT2D eigenvalue weighted by molar-refractivity contribution is -0.141. The summed E-state index contributed by atoms with van der Waals surface area (Å²) in [6.45, 7) is 6.16. The minimum Gasteiger partial charge on any atom is -0.480 e. The Morgan fingerprint density at radius 1 is 1.10 bits per heavy atom. The van der Waals surface area contributed by atoms with Gasteiger partial charge in [0.1, 0.15) is 0 Å². The van der Waals surface area contributed by atoms with Crippen LogP contribution in [0, 0.1) is 5.92 Å². The predicted octanol–water partition coefficient (Wildman–Crippen LogP) is 1.57. The van der Waals surface area contributed by atoms with Gasteiger partial charge in [0.25, 0.3) is 0 Å². The summed E-state index contributed by atoms with van der Waals surface area (Å²) in [7, 11) is 0. The first-order chi connectivity index (χ1) is 9.40. The van der Waals surface area contributed by atoms with Crippen LogP contribution in [-0.2, 0) is 9.59 Å². The summed E-state index contributed by atoms with van der Waals surface area (Å²) in [4.78, 5) is 27.3. The molecule has 0 aromatic carbocycles. The number of amides is 1. The van der Waals surface area contributed by atoms with Crippen LogP contribution in [0.2, 0.25) is 0 Å². The van der Waals surface area contributed by atoms with E-state index in [2.05, 4.69) is 6.92 Å². The largest absolute Gasteiger partial charge is 0.480 e. The van der Waals surface area contributed by atoms with Gasteiger partial charge in [-0.1, -0.05) is 0 Å². The molecule has 114 valence electrons. The van der Waals surface area contributed by atoms with Gasteiger partial charge in [-0.05, 0) is 52.4 Å². The van der Waals surface area contributed by atoms with E-state index < -0.39 is 5.97 Å². The first-order valence-electron chi connectivity index (χ1n) is 7.67. The zero-order valence-corrected chi connectivity index (χ0v) is 12.7. The first-order valence-corrected chi connectivity index (χ1v) is 7.67. The van der Waals surface area contributed by atoms with Gasteiger partial charge in [0.05, 0.1) is 13.1 Å². The lowest BCUT2D eigenvalue weighted by Gasteiger charge is -2.33. The molecule has 0 saturated heterocycles. The van der Waals surface area contributed by atoms with E-state index in [0.29, 0.717) is 18.0 Å². The SMILES string of the molecule is CC(C)N(CC(=O)O)CC(=O)N(C1CC1)C(C)C1CC1. The van der Waals surface area contributed by atoms with Crippen LogP contribution in [0.1, 0.15) is 46.5 Å². The Bertz CT molecular complexity index is 375. The van der Waals surface area contributed by atoms with Gasteiger partial charge in [0.15, 0.2) is 0 Å². The van der Waals surface area contributed by atoms with Crippen LogP contribution in [0.4, 0.5) is 0 Å². The van der Waals surface area contributed by atoms with Crippen molar-refractivity contribution in [3.05, 3.63) is 0 Å². The molecule has 1 N–H and O–H groups in total. The van der Waals surface area contributed by atoms with Gasteiger partial charge in [-0.2, -0.15) is 0 Å². The van der Waals surface area contributed by atoms with Crippen molar-refractivity contribution in [3.8, 4) is 0 Å². The van der Waals surface area contributed by atoms with Crippen LogP contribution < -0.4 is 0 Å². The maximum atomic E-state index is 12.6. The monoisotopic (exact) mass is 282 g/mol. The quantitative estimate of drug-likeness (QED) is 0.734. The Kier molecular flexibility index (Phi) is 4.68. The van der Waals surface area contributed by atoms with Gasteiger partial charge in [-0.25, -0.2) is 0 Å². The molecule has 2 rings (SSSR count). The zero-order valence-electron chi connectivity index (χ0n) is 12.7. The van der Waals surface area contributed by atoms with Crippen molar-refractivity contribution in [3.63, 3.8) is 0 Å². The maximum absolute atomic E-state index is 12.6. The fourth-order valence-electron chi connectivity index (χ4n) is 2.77. The Balaban J connectivity index is 1.97. The highest BCUT2D eigenvalue weighted by Crippen LogP contribution is 2.39. The summed E-state index contributed by atoms with van der Waals surface area (Å²) in [5.41, 5.74) is 0. The van der Waals surface area contributed by atoms with Gasteiger partial charge < -0.3 is 10.0 Å². The Morgan fingerprint density at radius 3 is 2.10 bits per heavy atom. The number of carboxylic acids is 1. The molecule has 1 amide bonds. The number of rotatable bonds is 8. The number of aliphatic carboxylic acids is 1. The van der Waals surface area contributed by atoms with Crippen LogP contribution >= 0.6 is 0 Å². The van der Waals surface area contributed by atoms with E-state index in [1.165, 1.54) is 12.8 Å². The molecule has 0 spiro atoms. The van der Waals surface area contributed by atoms with Crippen LogP contribution in [0.3, 0.4) is 0 Å². The van der Waals surface area contributed by atoms with Crippen molar-refractivity contribution in [2.24, 2.45) is 5.92 Å². The third-order valence-corrected chi connectivity index (χ3v) is 4.38. The number of carboxylic acid groups (broad SMARTS) is 1. The maximum Gasteiger partial charge on any atom is 0.317 e. The van der Waals surface area contributed by atoms with Crippen molar-refractivity contribution in [2.75, 3.05) is 13.1 Å². The number of nitrogens with zero attached hydrogens (tertiary/aromatic N) is 2. The minimum atomic E-state index is -0.875. The van der Waals surface area contributed by atoms with Gasteiger partial charge in [0.2, 0.25) is 5.91 Å². The van der Waals surface area contributed by atoms with E-state index in [-0.39, 0.29) is 25.0 Å². The van der Waals surface area contributed by atoms with Crippen LogP contribution in [0.5, 0.6) is 0 Å². The van der Waals surface area contributed by atoms with E-state index in [1.807, 2.05) is 18.7 Å². The van der Waals surface area contributed by atoms with E-state index >= 15 is 0 Å². The molecule has 0 aromatic rings. The summed E-state index contributed by atoms with van der Waals surface area (Å²) in [6.07, 6.45) is 4.65. The van der Waals surface area contributed by atoms with Crippen LogP contribution in [-0.4, -0.2) is 58.0 Å². The molecular weight excluding hydrogens is 256 g/mol. The number of hydrogen-bond donors (Lipinski definition) is 1. The van der Waals surface area contributed by atoms with Gasteiger partial charge >= 0.3 is 5.97 Å². The normalized spacial score (nSPS) is 20.2. The lowest BCUT2D eigenvalue weighted by atomic mass is 10.1. The summed E-state index contributed by atoms with van der Waals surface area (Å²) >= 11 is 0. The van der Waals surface area contributed by atoms with Crippen molar-refractivity contribution in [1.29, 1.82) is 0 Å². The molecule has 5 heteroatoms. The molecule has 0 aliphatic heterocycles. The molecule has 2 fully saturated rings. The van der Waals surface area contributed by atoms with Crippen LogP contribution in [0.15, 0.2) is 0 Å².